The molecule has 8 bridgehead atoms. The van der Waals surface area contributed by atoms with Crippen molar-refractivity contribution in [3.8, 4) is 44.5 Å². The van der Waals surface area contributed by atoms with Crippen molar-refractivity contribution in [3.05, 3.63) is 120 Å². The molecule has 0 radical (unpaired) electrons. The van der Waals surface area contributed by atoms with E-state index in [0.717, 1.165) is 55.0 Å². The van der Waals surface area contributed by atoms with Crippen LogP contribution in [0.2, 0.25) is 118 Å². The van der Waals surface area contributed by atoms with Gasteiger partial charge in [-0.1, -0.05) is 197 Å². The van der Waals surface area contributed by atoms with Gasteiger partial charge in [-0.3, -0.25) is 0 Å². The number of benzene rings is 4. The molecule has 2 N–H and O–H groups in total. The first kappa shape index (κ1) is 66.1. The van der Waals surface area contributed by atoms with Crippen molar-refractivity contribution < 1.29 is 85.1 Å². The second-order valence-corrected chi connectivity index (χ2v) is 61.2. The molecule has 82 heavy (non-hydrogen) atoms. The molecule has 2 aliphatic rings. The van der Waals surface area contributed by atoms with Crippen LogP contribution in [0.1, 0.15) is 22.8 Å². The largest absolute Gasteiger partial charge is 1.00 e. The maximum absolute atomic E-state index is 13.1. The molecule has 0 fully saturated rings. The van der Waals surface area contributed by atoms with Crippen LogP contribution >= 0.6 is 0 Å². The Morgan fingerprint density at radius 1 is 0.317 bits per heavy atom. The molecule has 20 heteroatoms. The van der Waals surface area contributed by atoms with E-state index in [1.807, 2.05) is 36.4 Å². The van der Waals surface area contributed by atoms with Crippen molar-refractivity contribution in [2.24, 2.45) is 0 Å². The van der Waals surface area contributed by atoms with Crippen LogP contribution in [-0.2, 0) is 20.2 Å². The molecule has 4 aromatic carbocycles. The number of nitrogens with zero attached hydrogens (tertiary/aromatic N) is 2. The van der Waals surface area contributed by atoms with Crippen LogP contribution in [0.5, 0.6) is 0 Å². The summed E-state index contributed by atoms with van der Waals surface area (Å²) in [6.07, 6.45) is 8.01. The third-order valence-electron chi connectivity index (χ3n) is 15.4. The Labute approximate surface area is 537 Å². The summed E-state index contributed by atoms with van der Waals surface area (Å²) in [5.41, 5.74) is 11.4. The predicted octanol–water partition coefficient (Wildman–Crippen LogP) is 6.41. The summed E-state index contributed by atoms with van der Waals surface area (Å²) in [4.78, 5) is 18.2. The van der Waals surface area contributed by atoms with Crippen LogP contribution in [-0.4, -0.2) is 94.3 Å². The Bertz CT molecular complexity index is 3880. The van der Waals surface area contributed by atoms with Gasteiger partial charge in [0.05, 0.1) is 81.0 Å². The van der Waals surface area contributed by atoms with Crippen molar-refractivity contribution in [1.29, 1.82) is 0 Å². The molecule has 0 saturated heterocycles. The fraction of sp³-hybridized carbons (Fsp3) is 0.290. The molecule has 0 saturated carbocycles. The zero-order valence-corrected chi connectivity index (χ0v) is 63.3. The first-order valence-electron chi connectivity index (χ1n) is 27.4. The van der Waals surface area contributed by atoms with Gasteiger partial charge in [0.25, 0.3) is 0 Å². The smallest absolute Gasteiger partial charge is 0.744 e. The quantitative estimate of drug-likeness (QED) is 0.104. The van der Waals surface area contributed by atoms with E-state index in [-0.39, 0.29) is 68.9 Å². The van der Waals surface area contributed by atoms with Gasteiger partial charge in [0.2, 0.25) is 0 Å². The summed E-state index contributed by atoms with van der Waals surface area (Å²) in [6.45, 7) is 41.3. The maximum atomic E-state index is 13.1. The van der Waals surface area contributed by atoms with E-state index >= 15 is 0 Å². The number of rotatable bonds is 12. The van der Waals surface area contributed by atoms with Gasteiger partial charge in [-0.15, -0.1) is 0 Å². The summed E-state index contributed by atoms with van der Waals surface area (Å²) in [5.74, 6) is 0. The van der Waals surface area contributed by atoms with E-state index in [2.05, 4.69) is 188 Å². The zero-order chi connectivity index (χ0) is 58.8. The molecule has 0 aliphatic carbocycles. The molecule has 5 heterocycles. The van der Waals surface area contributed by atoms with E-state index in [1.165, 1.54) is 45.0 Å². The third kappa shape index (κ3) is 14.0. The summed E-state index contributed by atoms with van der Waals surface area (Å²) in [5, 5.41) is 6.94. The standard InChI is InChI=1S/C62H78N4O6S2Si6.2Na/c1-75(2,3)45-29-39(27-43(35-45)73(67,68)69)59-51-19-20-52(63-51)60(40-28-44(74(70,71)72)36-46(30-40)76(4,5)6)54-22-24-56(65-54)62(42-33-49(79(13,14)15)38-50(34-42)80(16,17)18)58-26-25-57(66-58)61(55-23-21-53(59)64-55)41-31-47(77(7,8)9)37-48(32-41)78(10,11)12;;/h19-38,64-65H,1-18H3,(H,67,68,69)(H,70,71,72);;/q;2*+1/p-2. The second-order valence-electron chi connectivity index (χ2n) is 28.0. The normalized spacial score (nSPS) is 13.5. The van der Waals surface area contributed by atoms with Crippen molar-refractivity contribution in [2.75, 3.05) is 0 Å². The van der Waals surface area contributed by atoms with Crippen LogP contribution in [0.25, 0.3) is 90.9 Å². The minimum absolute atomic E-state index is 0. The SMILES string of the molecule is C[Si](C)(C)c1cc(-c2c3nc(c(-c4cc([Si](C)(C)C)cc([Si](C)(C)C)c4)c4ccc([nH]4)c(-c4cc([Si](C)(C)C)cc(S(=O)(=O)[O-])c4)c4nc(c(-c5cc([Si](C)(C)C)cc(S(=O)(=O)[O-])c5)c5ccc2[nH]5)C=C4)C=C3)cc([Si](C)(C)C)c1.[Na+].[Na+]. The molecule has 9 rings (SSSR count). The summed E-state index contributed by atoms with van der Waals surface area (Å²) < 4.78 is 78.8. The molecule has 0 amide bonds. The Hall–Kier alpha value is -3.40. The number of hydrogen-bond acceptors (Lipinski definition) is 8. The van der Waals surface area contributed by atoms with Gasteiger partial charge in [0.1, 0.15) is 20.2 Å². The van der Waals surface area contributed by atoms with Crippen LogP contribution in [0.15, 0.2) is 107 Å². The molecule has 0 atom stereocenters. The van der Waals surface area contributed by atoms with Crippen molar-refractivity contribution in [2.45, 2.75) is 128 Å². The number of aromatic amines is 2. The number of aromatic nitrogens is 4. The van der Waals surface area contributed by atoms with Crippen LogP contribution in [0.4, 0.5) is 0 Å². The Balaban J connectivity index is 0.00000484. The van der Waals surface area contributed by atoms with Crippen molar-refractivity contribution >= 4 is 146 Å². The molecule has 10 nitrogen and oxygen atoms in total. The average molecular weight is 1250 g/mol. The molecular formula is C62H76N4Na2O6S2Si6. The molecule has 0 unspecified atom stereocenters. The molecule has 418 valence electrons. The molecule has 7 aromatic rings. The fourth-order valence-corrected chi connectivity index (χ4v) is 19.0. The van der Waals surface area contributed by atoms with E-state index in [4.69, 9.17) is 9.97 Å². The minimum Gasteiger partial charge on any atom is -0.744 e. The van der Waals surface area contributed by atoms with Crippen LogP contribution < -0.4 is 90.2 Å². The number of fused-ring (bicyclic) bond motifs is 8. The van der Waals surface area contributed by atoms with Gasteiger partial charge in [-0.25, -0.2) is 26.8 Å². The molecule has 0 spiro atoms. The van der Waals surface area contributed by atoms with Gasteiger partial charge < -0.3 is 19.1 Å². The fourth-order valence-electron chi connectivity index (χ4n) is 10.3. The van der Waals surface area contributed by atoms with E-state index in [1.54, 1.807) is 0 Å². The first-order chi connectivity index (χ1) is 36.6. The Kier molecular flexibility index (Phi) is 18.6. The number of hydrogen-bond donors (Lipinski definition) is 2. The number of nitrogens with one attached hydrogen (secondary N) is 2. The van der Waals surface area contributed by atoms with Crippen LogP contribution in [0, 0.1) is 0 Å². The second kappa shape index (κ2) is 23.0. The third-order valence-corrected chi connectivity index (χ3v) is 29.1. The zero-order valence-electron chi connectivity index (χ0n) is 51.7. The van der Waals surface area contributed by atoms with E-state index < -0.39 is 68.7 Å². The molecule has 2 aliphatic heterocycles. The van der Waals surface area contributed by atoms with Crippen molar-refractivity contribution in [3.63, 3.8) is 0 Å². The molecule has 3 aromatic heterocycles. The van der Waals surface area contributed by atoms with Gasteiger partial charge in [0.15, 0.2) is 0 Å². The Morgan fingerprint density at radius 2 is 0.512 bits per heavy atom. The minimum atomic E-state index is -4.92. The topological polar surface area (TPSA) is 172 Å². The van der Waals surface area contributed by atoms with Gasteiger partial charge >= 0.3 is 59.1 Å². The van der Waals surface area contributed by atoms with E-state index in [9.17, 15) is 25.9 Å². The summed E-state index contributed by atoms with van der Waals surface area (Å²) >= 11 is 0. The number of H-pyrrole nitrogens is 2. The maximum Gasteiger partial charge on any atom is 1.00 e. The van der Waals surface area contributed by atoms with Crippen molar-refractivity contribution in [1.82, 2.24) is 19.9 Å². The summed E-state index contributed by atoms with van der Waals surface area (Å²) in [6, 6.07) is 32.3. The van der Waals surface area contributed by atoms with Gasteiger partial charge in [-0.05, 0) is 95.1 Å². The summed E-state index contributed by atoms with van der Waals surface area (Å²) in [7, 11) is -22.0. The van der Waals surface area contributed by atoms with Gasteiger partial charge in [0, 0.05) is 44.3 Å². The first-order valence-corrected chi connectivity index (χ1v) is 51.2. The van der Waals surface area contributed by atoms with Crippen LogP contribution in [0.3, 0.4) is 0 Å². The van der Waals surface area contributed by atoms with Gasteiger partial charge in [-0.2, -0.15) is 0 Å². The molecular weight excluding hydrogens is 1180 g/mol. The van der Waals surface area contributed by atoms with E-state index in [0.29, 0.717) is 44.7 Å². The Morgan fingerprint density at radius 3 is 0.707 bits per heavy atom. The average Bonchev–Trinajstić information content (AvgIpc) is 4.17. The predicted molar refractivity (Wildman–Crippen MR) is 354 cm³/mol. The monoisotopic (exact) mass is 1250 g/mol.